The minimum Gasteiger partial charge on any atom is -0.466 e. The van der Waals surface area contributed by atoms with Crippen LogP contribution in [-0.4, -0.2) is 47.4 Å². The summed E-state index contributed by atoms with van der Waals surface area (Å²) < 4.78 is 5.49. The van der Waals surface area contributed by atoms with E-state index in [9.17, 15) is 19.8 Å². The van der Waals surface area contributed by atoms with Gasteiger partial charge in [-0.25, -0.2) is 0 Å². The number of nitrogens with one attached hydrogen (secondary N) is 1. The Labute approximate surface area is 552 Å². The van der Waals surface area contributed by atoms with Gasteiger partial charge in [0.05, 0.1) is 25.4 Å². The Kier molecular flexibility index (Phi) is 76.8. The van der Waals surface area contributed by atoms with Gasteiger partial charge in [0.25, 0.3) is 0 Å². The third kappa shape index (κ3) is 73.6. The van der Waals surface area contributed by atoms with Gasteiger partial charge in [-0.1, -0.05) is 424 Å². The molecule has 88 heavy (non-hydrogen) atoms. The molecule has 524 valence electrons. The quantitative estimate of drug-likeness (QED) is 0.0320. The molecule has 0 rings (SSSR count). The molecule has 3 N–H and O–H groups in total. The number of amides is 1. The van der Waals surface area contributed by atoms with Crippen molar-refractivity contribution in [2.24, 2.45) is 0 Å². The first-order valence-corrected chi connectivity index (χ1v) is 40.9. The average Bonchev–Trinajstić information content (AvgIpc) is 3.59. The maximum atomic E-state index is 12.6. The highest BCUT2D eigenvalue weighted by Gasteiger charge is 2.20. The first-order chi connectivity index (χ1) is 43.5. The van der Waals surface area contributed by atoms with Gasteiger partial charge in [0.15, 0.2) is 0 Å². The summed E-state index contributed by atoms with van der Waals surface area (Å²) >= 11 is 0. The molecular weight excluding hydrogens is 1080 g/mol. The van der Waals surface area contributed by atoms with Gasteiger partial charge in [0.1, 0.15) is 0 Å². The van der Waals surface area contributed by atoms with E-state index in [1.807, 2.05) is 0 Å². The van der Waals surface area contributed by atoms with Crippen molar-refractivity contribution in [1.82, 2.24) is 5.32 Å². The van der Waals surface area contributed by atoms with Gasteiger partial charge < -0.3 is 20.3 Å². The van der Waals surface area contributed by atoms with Gasteiger partial charge in [-0.3, -0.25) is 9.59 Å². The van der Waals surface area contributed by atoms with Crippen molar-refractivity contribution >= 4 is 11.9 Å². The number of aliphatic hydroxyl groups is 2. The number of hydrogen-bond acceptors (Lipinski definition) is 5. The number of rotatable bonds is 78. The molecular formula is C82H161NO5. The second-order valence-corrected chi connectivity index (χ2v) is 28.5. The van der Waals surface area contributed by atoms with E-state index in [2.05, 4.69) is 31.3 Å². The molecule has 0 radical (unpaired) electrons. The van der Waals surface area contributed by atoms with Gasteiger partial charge in [-0.2, -0.15) is 0 Å². The van der Waals surface area contributed by atoms with Crippen LogP contribution < -0.4 is 5.32 Å². The Balaban J connectivity index is 3.30. The number of esters is 1. The number of aliphatic hydroxyl groups excluding tert-OH is 2. The molecule has 0 aromatic carbocycles. The lowest BCUT2D eigenvalue weighted by Gasteiger charge is -2.22. The molecule has 1 amide bonds. The first kappa shape index (κ1) is 86.6. The zero-order chi connectivity index (χ0) is 63.5. The Bertz CT molecular complexity index is 1340. The monoisotopic (exact) mass is 1240 g/mol. The molecule has 0 aliphatic heterocycles. The second-order valence-electron chi connectivity index (χ2n) is 28.5. The van der Waals surface area contributed by atoms with E-state index in [-0.39, 0.29) is 18.5 Å². The third-order valence-corrected chi connectivity index (χ3v) is 19.6. The van der Waals surface area contributed by atoms with Crippen LogP contribution in [0.1, 0.15) is 476 Å². The van der Waals surface area contributed by atoms with Crippen molar-refractivity contribution in [3.05, 3.63) is 12.2 Å². The molecule has 0 bridgehead atoms. The third-order valence-electron chi connectivity index (χ3n) is 19.6. The van der Waals surface area contributed by atoms with Crippen molar-refractivity contribution in [1.29, 1.82) is 0 Å². The molecule has 6 heteroatoms. The van der Waals surface area contributed by atoms with Crippen LogP contribution in [0.5, 0.6) is 0 Å². The molecule has 2 atom stereocenters. The van der Waals surface area contributed by atoms with Crippen LogP contribution in [0.2, 0.25) is 0 Å². The SMILES string of the molecule is CCCCCC/C=C\CCCCCCCC(=O)OCCCCCCCCCCCCCCCCCCCCCCCCCCCCCCCCCCCCCCCC(=O)NC(CO)C(O)CCCCCCCCCCCCCCCCCCCCCCC. The number of allylic oxidation sites excluding steroid dienone is 2. The van der Waals surface area contributed by atoms with E-state index in [0.717, 1.165) is 44.9 Å². The number of hydrogen-bond donors (Lipinski definition) is 3. The van der Waals surface area contributed by atoms with Crippen molar-refractivity contribution in [3.63, 3.8) is 0 Å². The fourth-order valence-electron chi connectivity index (χ4n) is 13.3. The van der Waals surface area contributed by atoms with Crippen molar-refractivity contribution < 1.29 is 24.5 Å². The van der Waals surface area contributed by atoms with Crippen LogP contribution in [0.4, 0.5) is 0 Å². The largest absolute Gasteiger partial charge is 0.466 e. The lowest BCUT2D eigenvalue weighted by Crippen LogP contribution is -2.45. The first-order valence-electron chi connectivity index (χ1n) is 40.9. The van der Waals surface area contributed by atoms with E-state index in [1.165, 1.54) is 398 Å². The van der Waals surface area contributed by atoms with Gasteiger partial charge in [-0.15, -0.1) is 0 Å². The van der Waals surface area contributed by atoms with Crippen molar-refractivity contribution in [2.45, 2.75) is 488 Å². The van der Waals surface area contributed by atoms with E-state index in [1.54, 1.807) is 0 Å². The van der Waals surface area contributed by atoms with E-state index in [4.69, 9.17) is 4.74 Å². The summed E-state index contributed by atoms with van der Waals surface area (Å²) in [5.74, 6) is -0.00818. The fraction of sp³-hybridized carbons (Fsp3) is 0.951. The molecule has 0 fully saturated rings. The van der Waals surface area contributed by atoms with Crippen LogP contribution in [-0.2, 0) is 14.3 Å². The summed E-state index contributed by atoms with van der Waals surface area (Å²) in [4.78, 5) is 24.6. The summed E-state index contributed by atoms with van der Waals surface area (Å²) in [7, 11) is 0. The summed E-state index contributed by atoms with van der Waals surface area (Å²) in [5, 5.41) is 23.5. The molecule has 0 heterocycles. The van der Waals surface area contributed by atoms with Crippen molar-refractivity contribution in [3.8, 4) is 0 Å². The lowest BCUT2D eigenvalue weighted by molar-refractivity contribution is -0.143. The zero-order valence-electron chi connectivity index (χ0n) is 60.3. The molecule has 0 saturated heterocycles. The Hall–Kier alpha value is -1.40. The number of unbranched alkanes of at least 4 members (excludes halogenated alkanes) is 65. The van der Waals surface area contributed by atoms with E-state index >= 15 is 0 Å². The number of carbonyl (C=O) groups excluding carboxylic acids is 2. The summed E-state index contributed by atoms with van der Waals surface area (Å²) in [6.07, 6.45) is 99.0. The molecule has 0 aliphatic carbocycles. The standard InChI is InChI=1S/C82H161NO5/c1-3-5-7-9-11-13-15-17-18-19-20-38-41-44-47-51-54-58-62-66-70-74-80(85)79(78-84)83-81(86)75-71-67-63-59-55-52-48-45-42-39-36-34-32-30-28-26-24-22-21-23-25-27-29-31-33-35-37-40-43-46-49-53-57-61-65-69-73-77-88-82(87)76-72-68-64-60-56-50-16-14-12-10-8-6-4-2/h14,16,79-80,84-85H,3-13,15,17-78H2,1-2H3,(H,83,86)/b16-14-. The van der Waals surface area contributed by atoms with Gasteiger partial charge >= 0.3 is 5.97 Å². The Morgan fingerprint density at radius 2 is 0.534 bits per heavy atom. The van der Waals surface area contributed by atoms with Gasteiger partial charge in [0, 0.05) is 12.8 Å². The fourth-order valence-corrected chi connectivity index (χ4v) is 13.3. The molecule has 6 nitrogen and oxygen atoms in total. The maximum Gasteiger partial charge on any atom is 0.305 e. The molecule has 0 aromatic heterocycles. The minimum absolute atomic E-state index is 0.0152. The zero-order valence-corrected chi connectivity index (χ0v) is 60.3. The van der Waals surface area contributed by atoms with Crippen LogP contribution in [0.3, 0.4) is 0 Å². The molecule has 0 spiro atoms. The molecule has 0 aromatic rings. The normalized spacial score (nSPS) is 12.5. The maximum absolute atomic E-state index is 12.6. The number of carbonyl (C=O) groups is 2. The summed E-state index contributed by atoms with van der Waals surface area (Å²) in [6.45, 7) is 4.99. The van der Waals surface area contributed by atoms with E-state index < -0.39 is 12.1 Å². The molecule has 0 aliphatic rings. The Morgan fingerprint density at radius 3 is 0.818 bits per heavy atom. The van der Waals surface area contributed by atoms with Gasteiger partial charge in [-0.05, 0) is 51.4 Å². The Morgan fingerprint density at radius 1 is 0.307 bits per heavy atom. The van der Waals surface area contributed by atoms with Gasteiger partial charge in [0.2, 0.25) is 5.91 Å². The molecule has 0 saturated carbocycles. The van der Waals surface area contributed by atoms with Crippen molar-refractivity contribution in [2.75, 3.05) is 13.2 Å². The highest BCUT2D eigenvalue weighted by atomic mass is 16.5. The van der Waals surface area contributed by atoms with Crippen LogP contribution in [0.15, 0.2) is 12.2 Å². The average molecular weight is 1240 g/mol. The topological polar surface area (TPSA) is 95.9 Å². The molecule has 2 unspecified atom stereocenters. The smallest absolute Gasteiger partial charge is 0.305 e. The number of ether oxygens (including phenoxy) is 1. The van der Waals surface area contributed by atoms with E-state index in [0.29, 0.717) is 25.9 Å². The predicted octanol–water partition coefficient (Wildman–Crippen LogP) is 27.1. The van der Waals surface area contributed by atoms with Crippen LogP contribution in [0.25, 0.3) is 0 Å². The second kappa shape index (κ2) is 78.0. The van der Waals surface area contributed by atoms with Crippen LogP contribution >= 0.6 is 0 Å². The summed E-state index contributed by atoms with van der Waals surface area (Å²) in [6, 6.07) is -0.537. The van der Waals surface area contributed by atoms with Crippen LogP contribution in [0, 0.1) is 0 Å². The highest BCUT2D eigenvalue weighted by Crippen LogP contribution is 2.21. The minimum atomic E-state index is -0.661. The predicted molar refractivity (Wildman–Crippen MR) is 389 cm³/mol. The summed E-state index contributed by atoms with van der Waals surface area (Å²) in [5.41, 5.74) is 0. The lowest BCUT2D eigenvalue weighted by atomic mass is 10.0. The highest BCUT2D eigenvalue weighted by molar-refractivity contribution is 5.76.